The quantitative estimate of drug-likeness (QED) is 0.789. The molecule has 0 radical (unpaired) electrons. The van der Waals surface area contributed by atoms with Crippen LogP contribution in [0.3, 0.4) is 0 Å². The van der Waals surface area contributed by atoms with Crippen molar-refractivity contribution in [1.29, 1.82) is 0 Å². The zero-order chi connectivity index (χ0) is 16.2. The highest BCUT2D eigenvalue weighted by Gasteiger charge is 2.31. The molecule has 2 saturated heterocycles. The van der Waals surface area contributed by atoms with Crippen molar-refractivity contribution in [2.24, 2.45) is 5.92 Å². The van der Waals surface area contributed by atoms with Gasteiger partial charge < -0.3 is 14.7 Å². The van der Waals surface area contributed by atoms with Crippen LogP contribution in [0.15, 0.2) is 18.6 Å². The number of hydrogen-bond acceptors (Lipinski definition) is 5. The first kappa shape index (κ1) is 15.7. The smallest absolute Gasteiger partial charge is 0.227 e. The number of aromatic nitrogens is 2. The van der Waals surface area contributed by atoms with Crippen LogP contribution in [0, 0.1) is 5.92 Å². The molecular formula is C16H23N5O2. The van der Waals surface area contributed by atoms with Crippen molar-refractivity contribution < 1.29 is 9.59 Å². The van der Waals surface area contributed by atoms with Gasteiger partial charge in [0.2, 0.25) is 11.8 Å². The van der Waals surface area contributed by atoms with Gasteiger partial charge in [-0.25, -0.2) is 4.98 Å². The summed E-state index contributed by atoms with van der Waals surface area (Å²) in [6, 6.07) is 0. The summed E-state index contributed by atoms with van der Waals surface area (Å²) >= 11 is 0. The Morgan fingerprint density at radius 3 is 2.52 bits per heavy atom. The topological polar surface area (TPSA) is 69.6 Å². The Morgan fingerprint density at radius 2 is 1.87 bits per heavy atom. The van der Waals surface area contributed by atoms with E-state index in [-0.39, 0.29) is 17.7 Å². The van der Waals surface area contributed by atoms with E-state index in [4.69, 9.17) is 0 Å². The molecule has 0 N–H and O–H groups in total. The minimum atomic E-state index is -0.0456. The van der Waals surface area contributed by atoms with Crippen LogP contribution in [0.25, 0.3) is 0 Å². The third-order valence-electron chi connectivity index (χ3n) is 4.68. The summed E-state index contributed by atoms with van der Waals surface area (Å²) in [6.07, 6.45) is 6.89. The van der Waals surface area contributed by atoms with Crippen molar-refractivity contribution in [1.82, 2.24) is 19.8 Å². The standard InChI is InChI=1S/C16H23N5O2/c1-13(22)21-6-2-3-14(12-21)16(23)20-9-7-19(8-10-20)15-11-17-4-5-18-15/h4-5,11,14H,2-3,6-10,12H2,1H3/t14-/m0/s1. The molecule has 7 nitrogen and oxygen atoms in total. The van der Waals surface area contributed by atoms with Gasteiger partial charge in [-0.3, -0.25) is 14.6 Å². The molecule has 3 rings (SSSR count). The maximum atomic E-state index is 12.7. The van der Waals surface area contributed by atoms with Gasteiger partial charge in [-0.2, -0.15) is 0 Å². The van der Waals surface area contributed by atoms with Gasteiger partial charge >= 0.3 is 0 Å². The van der Waals surface area contributed by atoms with E-state index in [1.807, 2.05) is 4.90 Å². The second-order valence-corrected chi connectivity index (χ2v) is 6.18. The zero-order valence-electron chi connectivity index (χ0n) is 13.5. The van der Waals surface area contributed by atoms with Crippen LogP contribution >= 0.6 is 0 Å². The Bertz CT molecular complexity index is 557. The van der Waals surface area contributed by atoms with E-state index in [2.05, 4.69) is 14.9 Å². The van der Waals surface area contributed by atoms with Crippen LogP contribution in [0.4, 0.5) is 5.82 Å². The Hall–Kier alpha value is -2.18. The number of amides is 2. The van der Waals surface area contributed by atoms with E-state index in [1.165, 1.54) is 0 Å². The number of piperazine rings is 1. The van der Waals surface area contributed by atoms with Crippen LogP contribution in [0.1, 0.15) is 19.8 Å². The molecule has 7 heteroatoms. The van der Waals surface area contributed by atoms with Crippen LogP contribution in [0.2, 0.25) is 0 Å². The molecule has 2 fully saturated rings. The summed E-state index contributed by atoms with van der Waals surface area (Å²) in [5, 5.41) is 0. The SMILES string of the molecule is CC(=O)N1CCC[C@H](C(=O)N2CCN(c3cnccn3)CC2)C1. The molecule has 0 spiro atoms. The lowest BCUT2D eigenvalue weighted by molar-refractivity contribution is -0.140. The molecule has 1 atom stereocenters. The van der Waals surface area contributed by atoms with Gasteiger partial charge in [-0.05, 0) is 12.8 Å². The second-order valence-electron chi connectivity index (χ2n) is 6.18. The fraction of sp³-hybridized carbons (Fsp3) is 0.625. The summed E-state index contributed by atoms with van der Waals surface area (Å²) in [4.78, 5) is 38.5. The summed E-state index contributed by atoms with van der Waals surface area (Å²) in [7, 11) is 0. The van der Waals surface area contributed by atoms with E-state index >= 15 is 0 Å². The van der Waals surface area contributed by atoms with Crippen LogP contribution in [-0.4, -0.2) is 70.9 Å². The Morgan fingerprint density at radius 1 is 1.09 bits per heavy atom. The van der Waals surface area contributed by atoms with Crippen LogP contribution in [0.5, 0.6) is 0 Å². The van der Waals surface area contributed by atoms with Crippen molar-refractivity contribution in [3.05, 3.63) is 18.6 Å². The minimum absolute atomic E-state index is 0.0456. The summed E-state index contributed by atoms with van der Waals surface area (Å²) in [6.45, 7) is 5.86. The Labute approximate surface area is 136 Å². The van der Waals surface area contributed by atoms with E-state index in [0.29, 0.717) is 19.6 Å². The molecule has 0 bridgehead atoms. The maximum Gasteiger partial charge on any atom is 0.227 e. The fourth-order valence-electron chi connectivity index (χ4n) is 3.33. The molecular weight excluding hydrogens is 294 g/mol. The van der Waals surface area contributed by atoms with E-state index in [0.717, 1.165) is 38.3 Å². The number of anilines is 1. The van der Waals surface area contributed by atoms with Gasteiger partial charge in [0, 0.05) is 58.6 Å². The molecule has 1 aromatic rings. The zero-order valence-corrected chi connectivity index (χ0v) is 13.5. The highest BCUT2D eigenvalue weighted by atomic mass is 16.2. The van der Waals surface area contributed by atoms with E-state index in [1.54, 1.807) is 30.4 Å². The molecule has 2 aliphatic rings. The molecule has 1 aromatic heterocycles. The van der Waals surface area contributed by atoms with Gasteiger partial charge in [0.05, 0.1) is 12.1 Å². The fourth-order valence-corrected chi connectivity index (χ4v) is 3.33. The Kier molecular flexibility index (Phi) is 4.73. The first-order valence-electron chi connectivity index (χ1n) is 8.20. The Balaban J connectivity index is 1.55. The predicted molar refractivity (Wildman–Crippen MR) is 85.8 cm³/mol. The molecule has 0 aromatic carbocycles. The molecule has 2 aliphatic heterocycles. The highest BCUT2D eigenvalue weighted by molar-refractivity contribution is 5.81. The number of hydrogen-bond donors (Lipinski definition) is 0. The third kappa shape index (κ3) is 3.60. The van der Waals surface area contributed by atoms with Crippen molar-refractivity contribution in [3.8, 4) is 0 Å². The van der Waals surface area contributed by atoms with Crippen LogP contribution in [-0.2, 0) is 9.59 Å². The summed E-state index contributed by atoms with van der Waals surface area (Å²) in [5.74, 6) is 1.07. The first-order chi connectivity index (χ1) is 11.1. The highest BCUT2D eigenvalue weighted by Crippen LogP contribution is 2.20. The maximum absolute atomic E-state index is 12.7. The largest absolute Gasteiger partial charge is 0.352 e. The number of rotatable bonds is 2. The number of likely N-dealkylation sites (tertiary alicyclic amines) is 1. The van der Waals surface area contributed by atoms with Crippen molar-refractivity contribution in [3.63, 3.8) is 0 Å². The van der Waals surface area contributed by atoms with Crippen molar-refractivity contribution >= 4 is 17.6 Å². The van der Waals surface area contributed by atoms with E-state index in [9.17, 15) is 9.59 Å². The summed E-state index contributed by atoms with van der Waals surface area (Å²) in [5.41, 5.74) is 0. The normalized spacial score (nSPS) is 22.1. The van der Waals surface area contributed by atoms with E-state index < -0.39 is 0 Å². The first-order valence-corrected chi connectivity index (χ1v) is 8.20. The van der Waals surface area contributed by atoms with Gasteiger partial charge in [0.1, 0.15) is 5.82 Å². The number of carbonyl (C=O) groups excluding carboxylic acids is 2. The van der Waals surface area contributed by atoms with Crippen molar-refractivity contribution in [2.45, 2.75) is 19.8 Å². The average molecular weight is 317 g/mol. The molecule has 0 unspecified atom stereocenters. The second kappa shape index (κ2) is 6.93. The van der Waals surface area contributed by atoms with Gasteiger partial charge in [-0.15, -0.1) is 0 Å². The third-order valence-corrected chi connectivity index (χ3v) is 4.68. The minimum Gasteiger partial charge on any atom is -0.352 e. The molecule has 0 saturated carbocycles. The molecule has 23 heavy (non-hydrogen) atoms. The number of carbonyl (C=O) groups is 2. The summed E-state index contributed by atoms with van der Waals surface area (Å²) < 4.78 is 0. The predicted octanol–water partition coefficient (Wildman–Crippen LogP) is 0.384. The molecule has 0 aliphatic carbocycles. The lowest BCUT2D eigenvalue weighted by atomic mass is 9.96. The molecule has 124 valence electrons. The van der Waals surface area contributed by atoms with Gasteiger partial charge in [0.15, 0.2) is 0 Å². The average Bonchev–Trinajstić information content (AvgIpc) is 2.62. The number of piperidine rings is 1. The van der Waals surface area contributed by atoms with Crippen LogP contribution < -0.4 is 4.90 Å². The van der Waals surface area contributed by atoms with Gasteiger partial charge in [-0.1, -0.05) is 0 Å². The van der Waals surface area contributed by atoms with Gasteiger partial charge in [0.25, 0.3) is 0 Å². The lowest BCUT2D eigenvalue weighted by Gasteiger charge is -2.39. The monoisotopic (exact) mass is 317 g/mol. The number of nitrogens with zero attached hydrogens (tertiary/aromatic N) is 5. The van der Waals surface area contributed by atoms with Crippen molar-refractivity contribution in [2.75, 3.05) is 44.2 Å². The molecule has 3 heterocycles. The lowest BCUT2D eigenvalue weighted by Crippen LogP contribution is -2.53. The molecule has 2 amide bonds.